The molecule has 1 atom stereocenters. The van der Waals surface area contributed by atoms with Crippen molar-refractivity contribution in [2.75, 3.05) is 7.11 Å². The van der Waals surface area contributed by atoms with Gasteiger partial charge in [0.25, 0.3) is 0 Å². The number of aromatic carboxylic acids is 1. The largest absolute Gasteiger partial charge is 0.493 e. The Bertz CT molecular complexity index is 523. The highest BCUT2D eigenvalue weighted by Gasteiger charge is 2.21. The lowest BCUT2D eigenvalue weighted by atomic mass is 10.2. The van der Waals surface area contributed by atoms with Crippen LogP contribution in [0.4, 0.5) is 0 Å². The van der Waals surface area contributed by atoms with E-state index in [1.54, 1.807) is 12.1 Å². The number of ether oxygens (including phenoxy) is 3. The van der Waals surface area contributed by atoms with Gasteiger partial charge >= 0.3 is 11.9 Å². The summed E-state index contributed by atoms with van der Waals surface area (Å²) < 4.78 is 15.7. The summed E-state index contributed by atoms with van der Waals surface area (Å²) >= 11 is 0. The second-order valence-corrected chi connectivity index (χ2v) is 4.12. The van der Waals surface area contributed by atoms with Crippen molar-refractivity contribution < 1.29 is 28.9 Å². The first kappa shape index (κ1) is 16.6. The van der Waals surface area contributed by atoms with E-state index in [1.807, 2.05) is 6.92 Å². The van der Waals surface area contributed by atoms with E-state index in [-0.39, 0.29) is 17.1 Å². The minimum Gasteiger partial charge on any atom is -0.493 e. The minimum absolute atomic E-state index is 0.0304. The van der Waals surface area contributed by atoms with Crippen LogP contribution in [0.2, 0.25) is 0 Å². The molecule has 0 aliphatic rings. The molecule has 1 unspecified atom stereocenters. The zero-order valence-corrected chi connectivity index (χ0v) is 12.0. The Morgan fingerprint density at radius 1 is 1.43 bits per heavy atom. The van der Waals surface area contributed by atoms with E-state index >= 15 is 0 Å². The van der Waals surface area contributed by atoms with E-state index in [4.69, 9.17) is 14.2 Å². The number of hydrogen-bond acceptors (Lipinski definition) is 5. The quantitative estimate of drug-likeness (QED) is 0.451. The number of carbonyl (C=O) groups excluding carboxylic acids is 1. The lowest BCUT2D eigenvalue weighted by Gasteiger charge is -2.20. The maximum Gasteiger partial charge on any atom is 0.339 e. The molecule has 6 heteroatoms. The summed E-state index contributed by atoms with van der Waals surface area (Å²) in [4.78, 5) is 22.5. The predicted octanol–water partition coefficient (Wildman–Crippen LogP) is 2.63. The van der Waals surface area contributed by atoms with Gasteiger partial charge in [-0.15, -0.1) is 0 Å². The molecular formula is C15H18O6. The molecule has 6 nitrogen and oxygen atoms in total. The molecule has 114 valence electrons. The summed E-state index contributed by atoms with van der Waals surface area (Å²) in [6.45, 7) is 5.20. The summed E-state index contributed by atoms with van der Waals surface area (Å²) in [7, 11) is 1.40. The second kappa shape index (κ2) is 7.94. The molecule has 0 bridgehead atoms. The molecule has 1 aromatic carbocycles. The van der Waals surface area contributed by atoms with Crippen LogP contribution >= 0.6 is 0 Å². The van der Waals surface area contributed by atoms with Crippen molar-refractivity contribution in [3.63, 3.8) is 0 Å². The van der Waals surface area contributed by atoms with Crippen LogP contribution in [0.25, 0.3) is 0 Å². The molecule has 0 saturated heterocycles. The second-order valence-electron chi connectivity index (χ2n) is 4.12. The summed E-state index contributed by atoms with van der Waals surface area (Å²) in [6.07, 6.45) is 1.21. The Morgan fingerprint density at radius 2 is 2.14 bits per heavy atom. The Balaban J connectivity index is 3.08. The SMILES string of the molecule is C=CC(=O)OC(CCC)Oc1c(OC)cccc1C(=O)O. The van der Waals surface area contributed by atoms with Gasteiger partial charge in [0.05, 0.1) is 7.11 Å². The molecule has 0 amide bonds. The van der Waals surface area contributed by atoms with Crippen molar-refractivity contribution in [3.8, 4) is 11.5 Å². The van der Waals surface area contributed by atoms with E-state index in [1.165, 1.54) is 13.2 Å². The fourth-order valence-electron chi connectivity index (χ4n) is 1.65. The van der Waals surface area contributed by atoms with Crippen molar-refractivity contribution in [1.82, 2.24) is 0 Å². The van der Waals surface area contributed by atoms with Gasteiger partial charge in [-0.05, 0) is 18.6 Å². The molecular weight excluding hydrogens is 276 g/mol. The minimum atomic E-state index is -1.16. The molecule has 0 saturated carbocycles. The standard InChI is InChI=1S/C15H18O6/c1-4-7-13(20-12(16)5-2)21-14-10(15(17)18)8-6-9-11(14)19-3/h5-6,8-9,13H,2,4,7H2,1,3H3,(H,17,18). The van der Waals surface area contributed by atoms with Crippen LogP contribution in [0, 0.1) is 0 Å². The van der Waals surface area contributed by atoms with Crippen molar-refractivity contribution in [3.05, 3.63) is 36.4 Å². The first-order chi connectivity index (χ1) is 10.0. The van der Waals surface area contributed by atoms with E-state index in [9.17, 15) is 14.7 Å². The number of carboxylic acids is 1. The van der Waals surface area contributed by atoms with Gasteiger partial charge in [-0.25, -0.2) is 9.59 Å². The maximum absolute atomic E-state index is 11.3. The number of para-hydroxylation sites is 1. The first-order valence-corrected chi connectivity index (χ1v) is 6.43. The number of carbonyl (C=O) groups is 2. The van der Waals surface area contributed by atoms with E-state index < -0.39 is 18.2 Å². The van der Waals surface area contributed by atoms with Gasteiger partial charge in [-0.1, -0.05) is 19.6 Å². The summed E-state index contributed by atoms with van der Waals surface area (Å²) in [5.41, 5.74) is -0.0647. The average Bonchev–Trinajstić information content (AvgIpc) is 2.47. The summed E-state index contributed by atoms with van der Waals surface area (Å²) in [5, 5.41) is 9.20. The van der Waals surface area contributed by atoms with E-state index in [0.29, 0.717) is 12.8 Å². The zero-order valence-electron chi connectivity index (χ0n) is 12.0. The van der Waals surface area contributed by atoms with Crippen molar-refractivity contribution in [2.24, 2.45) is 0 Å². The fourth-order valence-corrected chi connectivity index (χ4v) is 1.65. The smallest absolute Gasteiger partial charge is 0.339 e. The zero-order chi connectivity index (χ0) is 15.8. The van der Waals surface area contributed by atoms with Crippen LogP contribution in [0.5, 0.6) is 11.5 Å². The molecule has 0 aromatic heterocycles. The van der Waals surface area contributed by atoms with Crippen LogP contribution in [0.15, 0.2) is 30.9 Å². The molecule has 21 heavy (non-hydrogen) atoms. The number of benzene rings is 1. The van der Waals surface area contributed by atoms with E-state index in [0.717, 1.165) is 6.08 Å². The average molecular weight is 294 g/mol. The van der Waals surface area contributed by atoms with Gasteiger partial charge in [0.15, 0.2) is 11.5 Å². The van der Waals surface area contributed by atoms with Crippen LogP contribution < -0.4 is 9.47 Å². The number of hydrogen-bond donors (Lipinski definition) is 1. The van der Waals surface area contributed by atoms with Gasteiger partial charge in [0.1, 0.15) is 5.56 Å². The number of esters is 1. The number of carboxylic acid groups (broad SMARTS) is 1. The van der Waals surface area contributed by atoms with Crippen molar-refractivity contribution in [1.29, 1.82) is 0 Å². The molecule has 1 rings (SSSR count). The first-order valence-electron chi connectivity index (χ1n) is 6.43. The van der Waals surface area contributed by atoms with Crippen LogP contribution in [0.1, 0.15) is 30.1 Å². The van der Waals surface area contributed by atoms with E-state index in [2.05, 4.69) is 6.58 Å². The summed E-state index contributed by atoms with van der Waals surface area (Å²) in [5.74, 6) is -1.51. The Kier molecular flexibility index (Phi) is 6.26. The molecule has 0 aliphatic heterocycles. The monoisotopic (exact) mass is 294 g/mol. The predicted molar refractivity (Wildman–Crippen MR) is 75.6 cm³/mol. The topological polar surface area (TPSA) is 82.1 Å². The Morgan fingerprint density at radius 3 is 2.67 bits per heavy atom. The third kappa shape index (κ3) is 4.52. The van der Waals surface area contributed by atoms with Gasteiger partial charge in [-0.3, -0.25) is 0 Å². The third-order valence-electron chi connectivity index (χ3n) is 2.62. The summed E-state index contributed by atoms with van der Waals surface area (Å²) in [6, 6.07) is 4.50. The van der Waals surface area contributed by atoms with Gasteiger partial charge in [-0.2, -0.15) is 0 Å². The normalized spacial score (nSPS) is 11.3. The van der Waals surface area contributed by atoms with Gasteiger partial charge in [0, 0.05) is 12.5 Å². The molecule has 1 N–H and O–H groups in total. The molecule has 0 radical (unpaired) electrons. The van der Waals surface area contributed by atoms with Gasteiger partial charge in [0.2, 0.25) is 6.29 Å². The van der Waals surface area contributed by atoms with Crippen LogP contribution in [0.3, 0.4) is 0 Å². The molecule has 0 heterocycles. The van der Waals surface area contributed by atoms with Crippen LogP contribution in [-0.2, 0) is 9.53 Å². The molecule has 0 fully saturated rings. The molecule has 0 spiro atoms. The molecule has 1 aromatic rings. The van der Waals surface area contributed by atoms with Crippen LogP contribution in [-0.4, -0.2) is 30.4 Å². The highest BCUT2D eigenvalue weighted by molar-refractivity contribution is 5.92. The Hall–Kier alpha value is -2.50. The van der Waals surface area contributed by atoms with Crippen molar-refractivity contribution in [2.45, 2.75) is 26.1 Å². The number of rotatable bonds is 8. The fraction of sp³-hybridized carbons (Fsp3) is 0.333. The highest BCUT2D eigenvalue weighted by atomic mass is 16.7. The number of methoxy groups -OCH3 is 1. The lowest BCUT2D eigenvalue weighted by molar-refractivity contribution is -0.158. The Labute approximate surface area is 122 Å². The maximum atomic E-state index is 11.3. The van der Waals surface area contributed by atoms with Crippen molar-refractivity contribution >= 4 is 11.9 Å². The lowest BCUT2D eigenvalue weighted by Crippen LogP contribution is -2.24. The molecule has 0 aliphatic carbocycles. The van der Waals surface area contributed by atoms with Gasteiger partial charge < -0.3 is 19.3 Å². The highest BCUT2D eigenvalue weighted by Crippen LogP contribution is 2.32. The third-order valence-corrected chi connectivity index (χ3v) is 2.62.